The van der Waals surface area contributed by atoms with Crippen LogP contribution in [0.4, 0.5) is 0 Å². The van der Waals surface area contributed by atoms with Crippen LogP contribution in [0.2, 0.25) is 0 Å². The second-order valence-corrected chi connectivity index (χ2v) is 4.58. The van der Waals surface area contributed by atoms with E-state index in [2.05, 4.69) is 18.2 Å². The van der Waals surface area contributed by atoms with Crippen molar-refractivity contribution in [3.63, 3.8) is 0 Å². The number of hydrogen-bond acceptors (Lipinski definition) is 0. The third kappa shape index (κ3) is 0.903. The molecule has 0 amide bonds. The van der Waals surface area contributed by atoms with Crippen molar-refractivity contribution in [2.24, 2.45) is 17.8 Å². The van der Waals surface area contributed by atoms with E-state index in [0.717, 1.165) is 17.8 Å². The van der Waals surface area contributed by atoms with E-state index in [9.17, 15) is 0 Å². The summed E-state index contributed by atoms with van der Waals surface area (Å²) in [7, 11) is 0. The summed E-state index contributed by atoms with van der Waals surface area (Å²) in [5.41, 5.74) is 1.83. The Labute approximate surface area is 74.4 Å². The Balaban J connectivity index is 1.81. The van der Waals surface area contributed by atoms with Crippen molar-refractivity contribution in [1.29, 1.82) is 0 Å². The first-order chi connectivity index (χ1) is 5.93. The Morgan fingerprint density at radius 3 is 2.42 bits per heavy atom. The predicted molar refractivity (Wildman–Crippen MR) is 50.8 cm³/mol. The minimum absolute atomic E-state index is 0.917. The maximum atomic E-state index is 2.60. The van der Waals surface area contributed by atoms with Gasteiger partial charge in [-0.3, -0.25) is 0 Å². The first kappa shape index (κ1) is 6.94. The van der Waals surface area contributed by atoms with Crippen molar-refractivity contribution < 1.29 is 0 Å². The molecule has 0 heteroatoms. The Bertz CT molecular complexity index is 239. The van der Waals surface area contributed by atoms with Gasteiger partial charge in [0.2, 0.25) is 0 Å². The predicted octanol–water partition coefficient (Wildman–Crippen LogP) is 3.31. The van der Waals surface area contributed by atoms with Gasteiger partial charge in [-0.05, 0) is 49.9 Å². The summed E-state index contributed by atoms with van der Waals surface area (Å²) in [6.07, 6.45) is 14.4. The van der Waals surface area contributed by atoms with Crippen LogP contribution in [-0.4, -0.2) is 0 Å². The van der Waals surface area contributed by atoms with Crippen LogP contribution < -0.4 is 0 Å². The van der Waals surface area contributed by atoms with Crippen LogP contribution in [0.1, 0.15) is 32.1 Å². The number of rotatable bonds is 1. The topological polar surface area (TPSA) is 0 Å². The van der Waals surface area contributed by atoms with Gasteiger partial charge in [0.25, 0.3) is 0 Å². The average Bonchev–Trinajstić information content (AvgIpc) is 2.81. The zero-order chi connectivity index (χ0) is 7.97. The third-order valence-corrected chi connectivity index (χ3v) is 3.85. The summed E-state index contributed by atoms with van der Waals surface area (Å²) in [6.45, 7) is 0. The first-order valence-corrected chi connectivity index (χ1v) is 5.30. The van der Waals surface area contributed by atoms with Crippen LogP contribution in [0.3, 0.4) is 0 Å². The molecule has 64 valence electrons. The van der Waals surface area contributed by atoms with E-state index in [-0.39, 0.29) is 0 Å². The second kappa shape index (κ2) is 2.48. The summed E-state index contributed by atoms with van der Waals surface area (Å²) < 4.78 is 0. The molecular formula is C12H16. The molecule has 0 aromatic carbocycles. The van der Waals surface area contributed by atoms with Gasteiger partial charge in [-0.1, -0.05) is 23.8 Å². The van der Waals surface area contributed by atoms with Gasteiger partial charge >= 0.3 is 0 Å². The molecule has 0 saturated heterocycles. The molecule has 1 fully saturated rings. The molecular weight excluding hydrogens is 144 g/mol. The third-order valence-electron chi connectivity index (χ3n) is 3.85. The van der Waals surface area contributed by atoms with Crippen molar-refractivity contribution in [2.75, 3.05) is 0 Å². The molecule has 0 N–H and O–H groups in total. The number of fused-ring (bicyclic) bond motifs is 2. The van der Waals surface area contributed by atoms with Crippen LogP contribution in [-0.2, 0) is 0 Å². The Kier molecular flexibility index (Phi) is 1.44. The van der Waals surface area contributed by atoms with Crippen molar-refractivity contribution >= 4 is 0 Å². The molecule has 2 bridgehead atoms. The van der Waals surface area contributed by atoms with Crippen molar-refractivity contribution in [3.8, 4) is 0 Å². The summed E-state index contributed by atoms with van der Waals surface area (Å²) in [5, 5.41) is 0. The maximum absolute atomic E-state index is 2.60. The largest absolute Gasteiger partial charge is 0.0879 e. The quantitative estimate of drug-likeness (QED) is 0.516. The molecule has 0 aromatic heterocycles. The van der Waals surface area contributed by atoms with Crippen LogP contribution in [0.25, 0.3) is 0 Å². The molecule has 0 nitrogen and oxygen atoms in total. The fourth-order valence-corrected chi connectivity index (χ4v) is 3.24. The summed E-state index contributed by atoms with van der Waals surface area (Å²) in [5.74, 6) is 2.89. The molecule has 0 aliphatic heterocycles. The average molecular weight is 160 g/mol. The van der Waals surface area contributed by atoms with Gasteiger partial charge in [0, 0.05) is 0 Å². The monoisotopic (exact) mass is 160 g/mol. The fourth-order valence-electron chi connectivity index (χ4n) is 3.24. The molecule has 3 rings (SSSR count). The zero-order valence-electron chi connectivity index (χ0n) is 7.50. The highest BCUT2D eigenvalue weighted by molar-refractivity contribution is 5.25. The van der Waals surface area contributed by atoms with E-state index in [1.165, 1.54) is 32.1 Å². The highest BCUT2D eigenvalue weighted by atomic mass is 14.4. The zero-order valence-corrected chi connectivity index (χ0v) is 7.50. The molecule has 2 atom stereocenters. The van der Waals surface area contributed by atoms with Crippen molar-refractivity contribution in [3.05, 3.63) is 23.8 Å². The van der Waals surface area contributed by atoms with E-state index in [1.54, 1.807) is 0 Å². The lowest BCUT2D eigenvalue weighted by atomic mass is 9.86. The van der Waals surface area contributed by atoms with Crippen LogP contribution >= 0.6 is 0 Å². The molecule has 0 heterocycles. The molecule has 0 aromatic rings. The van der Waals surface area contributed by atoms with Crippen LogP contribution in [0, 0.1) is 17.8 Å². The molecule has 3 aliphatic carbocycles. The Hall–Kier alpha value is -0.520. The van der Waals surface area contributed by atoms with Crippen molar-refractivity contribution in [2.45, 2.75) is 32.1 Å². The number of hydrogen-bond donors (Lipinski definition) is 0. The van der Waals surface area contributed by atoms with E-state index in [1.807, 2.05) is 5.57 Å². The summed E-state index contributed by atoms with van der Waals surface area (Å²) in [4.78, 5) is 0. The van der Waals surface area contributed by atoms with Gasteiger partial charge < -0.3 is 0 Å². The minimum atomic E-state index is 0.917. The highest BCUT2D eigenvalue weighted by Gasteiger charge is 2.35. The van der Waals surface area contributed by atoms with E-state index in [4.69, 9.17) is 0 Å². The van der Waals surface area contributed by atoms with Crippen LogP contribution in [0.15, 0.2) is 23.8 Å². The Morgan fingerprint density at radius 1 is 1.00 bits per heavy atom. The molecule has 0 radical (unpaired) electrons. The van der Waals surface area contributed by atoms with Crippen LogP contribution in [0.5, 0.6) is 0 Å². The highest BCUT2D eigenvalue weighted by Crippen LogP contribution is 2.48. The van der Waals surface area contributed by atoms with Gasteiger partial charge in [0.15, 0.2) is 0 Å². The van der Waals surface area contributed by atoms with Gasteiger partial charge in [-0.15, -0.1) is 0 Å². The smallest absolute Gasteiger partial charge is 0.0131 e. The summed E-state index contributed by atoms with van der Waals surface area (Å²) >= 11 is 0. The standard InChI is InChI=1S/C12H16/c1-2-4-10(3-1)12-8-9-5-6-11(12)7-9/h1-2,8-11H,3-7H2. The van der Waals surface area contributed by atoms with E-state index >= 15 is 0 Å². The lowest BCUT2D eigenvalue weighted by Crippen LogP contribution is -2.06. The first-order valence-electron chi connectivity index (χ1n) is 5.30. The van der Waals surface area contributed by atoms with Gasteiger partial charge in [0.05, 0.1) is 0 Å². The molecule has 2 unspecified atom stereocenters. The minimum Gasteiger partial charge on any atom is -0.0879 e. The normalized spacial score (nSPS) is 39.5. The lowest BCUT2D eigenvalue weighted by Gasteiger charge is -2.19. The van der Waals surface area contributed by atoms with Gasteiger partial charge in [-0.25, -0.2) is 0 Å². The Morgan fingerprint density at radius 2 is 1.83 bits per heavy atom. The van der Waals surface area contributed by atoms with Crippen molar-refractivity contribution in [1.82, 2.24) is 0 Å². The van der Waals surface area contributed by atoms with E-state index in [0.29, 0.717) is 0 Å². The molecule has 12 heavy (non-hydrogen) atoms. The van der Waals surface area contributed by atoms with Gasteiger partial charge in [-0.2, -0.15) is 0 Å². The molecule has 1 saturated carbocycles. The second-order valence-electron chi connectivity index (χ2n) is 4.58. The SMILES string of the molecule is C1=CCC(C2=CC3CCC2C3)C1. The summed E-state index contributed by atoms with van der Waals surface area (Å²) in [6, 6.07) is 0. The fraction of sp³-hybridized carbons (Fsp3) is 0.667. The number of allylic oxidation sites excluding steroid dienone is 4. The lowest BCUT2D eigenvalue weighted by molar-refractivity contribution is 0.536. The molecule has 3 aliphatic rings. The van der Waals surface area contributed by atoms with Gasteiger partial charge in [0.1, 0.15) is 0 Å². The molecule has 0 spiro atoms. The van der Waals surface area contributed by atoms with E-state index < -0.39 is 0 Å². The maximum Gasteiger partial charge on any atom is -0.0131 e.